The van der Waals surface area contributed by atoms with Crippen LogP contribution in [0.2, 0.25) is 0 Å². The molecule has 0 bridgehead atoms. The Bertz CT molecular complexity index is 471. The lowest BCUT2D eigenvalue weighted by atomic mass is 10.1. The standard InChI is InChI=1S/C12H15N3/c1-9-3-4-10(2)11(7-9)8-15-6-5-12(13)14-15/h3-7H,8H2,1-2H3,(H2,13,14). The fourth-order valence-electron chi connectivity index (χ4n) is 1.61. The molecule has 0 radical (unpaired) electrons. The van der Waals surface area contributed by atoms with E-state index >= 15 is 0 Å². The minimum absolute atomic E-state index is 0.570. The molecule has 0 amide bonds. The van der Waals surface area contributed by atoms with Crippen molar-refractivity contribution >= 4 is 5.82 Å². The fourth-order valence-corrected chi connectivity index (χ4v) is 1.61. The zero-order valence-electron chi connectivity index (χ0n) is 9.07. The first kappa shape index (κ1) is 9.77. The third-order valence-electron chi connectivity index (χ3n) is 2.50. The predicted octanol–water partition coefficient (Wildman–Crippen LogP) is 2.13. The van der Waals surface area contributed by atoms with Gasteiger partial charge in [-0.25, -0.2) is 0 Å². The molecule has 0 saturated heterocycles. The first-order chi connectivity index (χ1) is 7.15. The molecule has 15 heavy (non-hydrogen) atoms. The number of anilines is 1. The Hall–Kier alpha value is -1.77. The molecule has 2 N–H and O–H groups in total. The van der Waals surface area contributed by atoms with Crippen LogP contribution in [-0.2, 0) is 6.54 Å². The fraction of sp³-hybridized carbons (Fsp3) is 0.250. The van der Waals surface area contributed by atoms with Crippen molar-refractivity contribution in [1.29, 1.82) is 0 Å². The number of nitrogen functional groups attached to an aromatic ring is 1. The van der Waals surface area contributed by atoms with E-state index in [1.807, 2.05) is 16.9 Å². The Labute approximate surface area is 89.5 Å². The number of rotatable bonds is 2. The maximum atomic E-state index is 5.57. The quantitative estimate of drug-likeness (QED) is 0.808. The van der Waals surface area contributed by atoms with E-state index in [4.69, 9.17) is 5.73 Å². The second kappa shape index (κ2) is 3.77. The average Bonchev–Trinajstić information content (AvgIpc) is 2.58. The van der Waals surface area contributed by atoms with E-state index in [0.717, 1.165) is 6.54 Å². The first-order valence-electron chi connectivity index (χ1n) is 5.00. The molecule has 0 aliphatic carbocycles. The Kier molecular flexibility index (Phi) is 2.46. The lowest BCUT2D eigenvalue weighted by Gasteiger charge is -2.07. The van der Waals surface area contributed by atoms with Crippen molar-refractivity contribution in [2.75, 3.05) is 5.73 Å². The molecular weight excluding hydrogens is 186 g/mol. The Morgan fingerprint density at radius 1 is 1.27 bits per heavy atom. The molecule has 0 spiro atoms. The Balaban J connectivity index is 2.27. The van der Waals surface area contributed by atoms with Crippen molar-refractivity contribution in [2.45, 2.75) is 20.4 Å². The third kappa shape index (κ3) is 2.18. The van der Waals surface area contributed by atoms with E-state index in [2.05, 4.69) is 37.1 Å². The minimum Gasteiger partial charge on any atom is -0.382 e. The Morgan fingerprint density at radius 3 is 2.73 bits per heavy atom. The number of aromatic nitrogens is 2. The lowest BCUT2D eigenvalue weighted by Crippen LogP contribution is -2.03. The van der Waals surface area contributed by atoms with Gasteiger partial charge in [-0.3, -0.25) is 4.68 Å². The molecule has 1 heterocycles. The van der Waals surface area contributed by atoms with Crippen LogP contribution in [0.25, 0.3) is 0 Å². The molecule has 0 aliphatic heterocycles. The molecule has 0 aliphatic rings. The lowest BCUT2D eigenvalue weighted by molar-refractivity contribution is 0.687. The highest BCUT2D eigenvalue weighted by atomic mass is 15.3. The van der Waals surface area contributed by atoms with Crippen LogP contribution in [0.1, 0.15) is 16.7 Å². The summed E-state index contributed by atoms with van der Waals surface area (Å²) in [5.41, 5.74) is 9.42. The van der Waals surface area contributed by atoms with Gasteiger partial charge >= 0.3 is 0 Å². The van der Waals surface area contributed by atoms with E-state index < -0.39 is 0 Å². The van der Waals surface area contributed by atoms with E-state index in [1.165, 1.54) is 16.7 Å². The topological polar surface area (TPSA) is 43.8 Å². The van der Waals surface area contributed by atoms with Crippen molar-refractivity contribution in [3.05, 3.63) is 47.2 Å². The van der Waals surface area contributed by atoms with Gasteiger partial charge < -0.3 is 5.73 Å². The summed E-state index contributed by atoms with van der Waals surface area (Å²) in [5, 5.41) is 4.17. The van der Waals surface area contributed by atoms with Crippen LogP contribution in [0.4, 0.5) is 5.82 Å². The molecule has 1 aromatic heterocycles. The third-order valence-corrected chi connectivity index (χ3v) is 2.50. The minimum atomic E-state index is 0.570. The van der Waals surface area contributed by atoms with Gasteiger partial charge in [-0.15, -0.1) is 0 Å². The van der Waals surface area contributed by atoms with Crippen LogP contribution in [0.15, 0.2) is 30.5 Å². The molecule has 2 aromatic rings. The van der Waals surface area contributed by atoms with Crippen molar-refractivity contribution in [3.8, 4) is 0 Å². The molecule has 2 rings (SSSR count). The molecule has 0 saturated carbocycles. The van der Waals surface area contributed by atoms with Gasteiger partial charge in [-0.05, 0) is 31.0 Å². The summed E-state index contributed by atoms with van der Waals surface area (Å²) in [6.45, 7) is 4.99. The summed E-state index contributed by atoms with van der Waals surface area (Å²) in [7, 11) is 0. The number of hydrogen-bond acceptors (Lipinski definition) is 2. The number of aryl methyl sites for hydroxylation is 2. The summed E-state index contributed by atoms with van der Waals surface area (Å²) < 4.78 is 1.86. The second-order valence-electron chi connectivity index (χ2n) is 3.87. The molecule has 3 nitrogen and oxygen atoms in total. The Morgan fingerprint density at radius 2 is 2.07 bits per heavy atom. The molecule has 1 aromatic carbocycles. The van der Waals surface area contributed by atoms with Crippen molar-refractivity contribution in [1.82, 2.24) is 9.78 Å². The predicted molar refractivity (Wildman–Crippen MR) is 61.7 cm³/mol. The van der Waals surface area contributed by atoms with E-state index in [1.54, 1.807) is 0 Å². The van der Waals surface area contributed by atoms with Gasteiger partial charge in [0.25, 0.3) is 0 Å². The van der Waals surface area contributed by atoms with Crippen molar-refractivity contribution in [3.63, 3.8) is 0 Å². The SMILES string of the molecule is Cc1ccc(C)c(Cn2ccc(N)n2)c1. The van der Waals surface area contributed by atoms with Crippen LogP contribution in [-0.4, -0.2) is 9.78 Å². The van der Waals surface area contributed by atoms with Gasteiger partial charge in [0.1, 0.15) is 5.82 Å². The van der Waals surface area contributed by atoms with Gasteiger partial charge in [0.2, 0.25) is 0 Å². The van der Waals surface area contributed by atoms with Crippen LogP contribution in [0.3, 0.4) is 0 Å². The summed E-state index contributed by atoms with van der Waals surface area (Å²) >= 11 is 0. The number of nitrogens with zero attached hydrogens (tertiary/aromatic N) is 2. The average molecular weight is 201 g/mol. The molecular formula is C12H15N3. The maximum absolute atomic E-state index is 5.57. The summed E-state index contributed by atoms with van der Waals surface area (Å²) in [6.07, 6.45) is 1.90. The number of hydrogen-bond donors (Lipinski definition) is 1. The van der Waals surface area contributed by atoms with Gasteiger partial charge in [0.15, 0.2) is 0 Å². The molecule has 0 fully saturated rings. The van der Waals surface area contributed by atoms with Crippen LogP contribution in [0, 0.1) is 13.8 Å². The van der Waals surface area contributed by atoms with Gasteiger partial charge in [0, 0.05) is 6.20 Å². The zero-order chi connectivity index (χ0) is 10.8. The summed E-state index contributed by atoms with van der Waals surface area (Å²) in [6, 6.07) is 8.26. The van der Waals surface area contributed by atoms with Gasteiger partial charge in [0.05, 0.1) is 6.54 Å². The van der Waals surface area contributed by atoms with Gasteiger partial charge in [-0.2, -0.15) is 5.10 Å². The second-order valence-corrected chi connectivity index (χ2v) is 3.87. The monoisotopic (exact) mass is 201 g/mol. The maximum Gasteiger partial charge on any atom is 0.145 e. The highest BCUT2D eigenvalue weighted by Gasteiger charge is 2.01. The summed E-state index contributed by atoms with van der Waals surface area (Å²) in [5.74, 6) is 0.570. The number of nitrogens with two attached hydrogens (primary N) is 1. The summed E-state index contributed by atoms with van der Waals surface area (Å²) in [4.78, 5) is 0. The smallest absolute Gasteiger partial charge is 0.145 e. The van der Waals surface area contributed by atoms with Crippen molar-refractivity contribution < 1.29 is 0 Å². The first-order valence-corrected chi connectivity index (χ1v) is 5.00. The van der Waals surface area contributed by atoms with E-state index in [0.29, 0.717) is 5.82 Å². The highest BCUT2D eigenvalue weighted by molar-refractivity contribution is 5.31. The van der Waals surface area contributed by atoms with E-state index in [-0.39, 0.29) is 0 Å². The highest BCUT2D eigenvalue weighted by Crippen LogP contribution is 2.12. The zero-order valence-corrected chi connectivity index (χ0v) is 9.07. The normalized spacial score (nSPS) is 10.5. The van der Waals surface area contributed by atoms with E-state index in [9.17, 15) is 0 Å². The molecule has 78 valence electrons. The molecule has 3 heteroatoms. The van der Waals surface area contributed by atoms with Crippen LogP contribution >= 0.6 is 0 Å². The molecule has 0 atom stereocenters. The largest absolute Gasteiger partial charge is 0.382 e. The molecule has 0 unspecified atom stereocenters. The van der Waals surface area contributed by atoms with Gasteiger partial charge in [-0.1, -0.05) is 23.8 Å². The van der Waals surface area contributed by atoms with Crippen LogP contribution < -0.4 is 5.73 Å². The van der Waals surface area contributed by atoms with Crippen molar-refractivity contribution in [2.24, 2.45) is 0 Å². The number of benzene rings is 1. The van der Waals surface area contributed by atoms with Crippen LogP contribution in [0.5, 0.6) is 0 Å².